The largest absolute Gasteiger partial charge is 0.392 e. The first-order chi connectivity index (χ1) is 7.22. The molecular formula is C12H13ClO2. The topological polar surface area (TPSA) is 29.5 Å². The fourth-order valence-corrected chi connectivity index (χ4v) is 1.90. The first kappa shape index (κ1) is 10.7. The highest BCUT2D eigenvalue weighted by atomic mass is 35.5. The number of rotatable bonds is 2. The van der Waals surface area contributed by atoms with E-state index in [1.165, 1.54) is 0 Å². The van der Waals surface area contributed by atoms with Crippen LogP contribution in [0.2, 0.25) is 5.02 Å². The van der Waals surface area contributed by atoms with Crippen LogP contribution in [0, 0.1) is 0 Å². The molecule has 0 bridgehead atoms. The Labute approximate surface area is 94.1 Å². The van der Waals surface area contributed by atoms with Crippen LogP contribution in [0.1, 0.15) is 18.6 Å². The molecule has 0 unspecified atom stereocenters. The zero-order valence-electron chi connectivity index (χ0n) is 8.53. The molecule has 15 heavy (non-hydrogen) atoms. The standard InChI is InChI=1S/C12H13ClO2/c1-8-7-15-12(11(8)6-14)9-2-4-10(13)5-3-9/h2-5,12,14H,6-7H2,1H3/t12-/m1/s1. The molecule has 1 aliphatic heterocycles. The van der Waals surface area contributed by atoms with Gasteiger partial charge < -0.3 is 9.84 Å². The van der Waals surface area contributed by atoms with E-state index in [0.717, 1.165) is 16.7 Å². The summed E-state index contributed by atoms with van der Waals surface area (Å²) in [6.45, 7) is 2.64. The number of benzene rings is 1. The van der Waals surface area contributed by atoms with Gasteiger partial charge in [0.25, 0.3) is 0 Å². The van der Waals surface area contributed by atoms with Crippen LogP contribution in [-0.2, 0) is 4.74 Å². The predicted octanol–water partition coefficient (Wildman–Crippen LogP) is 2.72. The molecule has 0 radical (unpaired) electrons. The molecule has 0 saturated heterocycles. The van der Waals surface area contributed by atoms with Crippen molar-refractivity contribution in [1.82, 2.24) is 0 Å². The van der Waals surface area contributed by atoms with Gasteiger partial charge in [-0.1, -0.05) is 23.7 Å². The van der Waals surface area contributed by atoms with Crippen LogP contribution >= 0.6 is 11.6 Å². The number of halogens is 1. The zero-order chi connectivity index (χ0) is 10.8. The summed E-state index contributed by atoms with van der Waals surface area (Å²) in [5.74, 6) is 0. The third kappa shape index (κ3) is 2.07. The fraction of sp³-hybridized carbons (Fsp3) is 0.333. The van der Waals surface area contributed by atoms with Gasteiger partial charge in [0.2, 0.25) is 0 Å². The minimum atomic E-state index is -0.104. The summed E-state index contributed by atoms with van der Waals surface area (Å²) in [6, 6.07) is 7.54. The fourth-order valence-electron chi connectivity index (χ4n) is 1.78. The molecule has 0 fully saturated rings. The second kappa shape index (κ2) is 4.35. The number of aliphatic hydroxyl groups is 1. The first-order valence-electron chi connectivity index (χ1n) is 4.89. The lowest BCUT2D eigenvalue weighted by molar-refractivity contribution is 0.113. The van der Waals surface area contributed by atoms with Crippen LogP contribution in [0.25, 0.3) is 0 Å². The summed E-state index contributed by atoms with van der Waals surface area (Å²) in [4.78, 5) is 0. The van der Waals surface area contributed by atoms with E-state index >= 15 is 0 Å². The Morgan fingerprint density at radius 2 is 2.07 bits per heavy atom. The Balaban J connectivity index is 2.29. The van der Waals surface area contributed by atoms with Gasteiger partial charge in [-0.15, -0.1) is 0 Å². The van der Waals surface area contributed by atoms with E-state index in [2.05, 4.69) is 0 Å². The molecule has 0 amide bonds. The van der Waals surface area contributed by atoms with E-state index in [-0.39, 0.29) is 12.7 Å². The average Bonchev–Trinajstić information content (AvgIpc) is 2.61. The van der Waals surface area contributed by atoms with E-state index in [1.807, 2.05) is 31.2 Å². The number of hydrogen-bond donors (Lipinski definition) is 1. The molecule has 0 aliphatic carbocycles. The van der Waals surface area contributed by atoms with Crippen molar-refractivity contribution in [3.05, 3.63) is 46.0 Å². The molecular weight excluding hydrogens is 212 g/mol. The summed E-state index contributed by atoms with van der Waals surface area (Å²) in [7, 11) is 0. The second-order valence-corrected chi connectivity index (χ2v) is 4.14. The van der Waals surface area contributed by atoms with Gasteiger partial charge in [-0.3, -0.25) is 0 Å². The number of aliphatic hydroxyl groups excluding tert-OH is 1. The lowest BCUT2D eigenvalue weighted by Crippen LogP contribution is -2.03. The van der Waals surface area contributed by atoms with E-state index in [0.29, 0.717) is 11.6 Å². The lowest BCUT2D eigenvalue weighted by atomic mass is 10.0. The summed E-state index contributed by atoms with van der Waals surface area (Å²) < 4.78 is 5.62. The summed E-state index contributed by atoms with van der Waals surface area (Å²) in [6.07, 6.45) is -0.104. The van der Waals surface area contributed by atoms with Crippen molar-refractivity contribution < 1.29 is 9.84 Å². The normalized spacial score (nSPS) is 21.1. The van der Waals surface area contributed by atoms with Gasteiger partial charge in [0.15, 0.2) is 0 Å². The third-order valence-corrected chi connectivity index (χ3v) is 2.93. The predicted molar refractivity (Wildman–Crippen MR) is 59.9 cm³/mol. The molecule has 1 aromatic rings. The van der Waals surface area contributed by atoms with Crippen LogP contribution in [0.3, 0.4) is 0 Å². The molecule has 1 heterocycles. The van der Waals surface area contributed by atoms with Crippen LogP contribution < -0.4 is 0 Å². The highest BCUT2D eigenvalue weighted by Gasteiger charge is 2.24. The molecule has 1 aliphatic rings. The molecule has 80 valence electrons. The third-order valence-electron chi connectivity index (χ3n) is 2.67. The summed E-state index contributed by atoms with van der Waals surface area (Å²) in [5, 5.41) is 9.97. The van der Waals surface area contributed by atoms with Gasteiger partial charge >= 0.3 is 0 Å². The Morgan fingerprint density at radius 3 is 2.67 bits per heavy atom. The van der Waals surface area contributed by atoms with Gasteiger partial charge in [-0.2, -0.15) is 0 Å². The van der Waals surface area contributed by atoms with E-state index in [4.69, 9.17) is 16.3 Å². The molecule has 0 saturated carbocycles. The van der Waals surface area contributed by atoms with Gasteiger partial charge in [0.05, 0.1) is 13.2 Å². The maximum absolute atomic E-state index is 9.26. The van der Waals surface area contributed by atoms with E-state index in [9.17, 15) is 5.11 Å². The van der Waals surface area contributed by atoms with Crippen LogP contribution in [0.5, 0.6) is 0 Å². The van der Waals surface area contributed by atoms with Crippen molar-refractivity contribution in [2.45, 2.75) is 13.0 Å². The van der Waals surface area contributed by atoms with Gasteiger partial charge in [-0.25, -0.2) is 0 Å². The monoisotopic (exact) mass is 224 g/mol. The van der Waals surface area contributed by atoms with Gasteiger partial charge in [0, 0.05) is 5.02 Å². The first-order valence-corrected chi connectivity index (χ1v) is 5.26. The van der Waals surface area contributed by atoms with Crippen molar-refractivity contribution in [3.8, 4) is 0 Å². The van der Waals surface area contributed by atoms with Crippen molar-refractivity contribution in [2.75, 3.05) is 13.2 Å². The van der Waals surface area contributed by atoms with E-state index in [1.54, 1.807) is 0 Å². The summed E-state index contributed by atoms with van der Waals surface area (Å²) >= 11 is 5.82. The summed E-state index contributed by atoms with van der Waals surface area (Å²) in [5.41, 5.74) is 3.13. The van der Waals surface area contributed by atoms with Crippen LogP contribution in [0.4, 0.5) is 0 Å². The minimum absolute atomic E-state index is 0.0547. The maximum atomic E-state index is 9.26. The molecule has 0 spiro atoms. The van der Waals surface area contributed by atoms with Crippen molar-refractivity contribution in [2.24, 2.45) is 0 Å². The van der Waals surface area contributed by atoms with Crippen LogP contribution in [0.15, 0.2) is 35.4 Å². The smallest absolute Gasteiger partial charge is 0.107 e. The molecule has 2 rings (SSSR count). The van der Waals surface area contributed by atoms with Crippen molar-refractivity contribution in [3.63, 3.8) is 0 Å². The maximum Gasteiger partial charge on any atom is 0.107 e. The molecule has 0 aromatic heterocycles. The Kier molecular flexibility index (Phi) is 3.10. The highest BCUT2D eigenvalue weighted by Crippen LogP contribution is 2.33. The lowest BCUT2D eigenvalue weighted by Gasteiger charge is -2.13. The van der Waals surface area contributed by atoms with Crippen LogP contribution in [-0.4, -0.2) is 18.3 Å². The van der Waals surface area contributed by atoms with Crippen molar-refractivity contribution in [1.29, 1.82) is 0 Å². The SMILES string of the molecule is CC1=C(CO)[C@@H](c2ccc(Cl)cc2)OC1. The quantitative estimate of drug-likeness (QED) is 0.783. The molecule has 2 nitrogen and oxygen atoms in total. The molecule has 1 N–H and O–H groups in total. The average molecular weight is 225 g/mol. The Hall–Kier alpha value is -0.830. The molecule has 1 aromatic carbocycles. The van der Waals surface area contributed by atoms with Gasteiger partial charge in [-0.05, 0) is 35.8 Å². The zero-order valence-corrected chi connectivity index (χ0v) is 9.29. The Morgan fingerprint density at radius 1 is 1.40 bits per heavy atom. The number of ether oxygens (including phenoxy) is 1. The van der Waals surface area contributed by atoms with Crippen molar-refractivity contribution >= 4 is 11.6 Å². The Bertz CT molecular complexity index is 381. The molecule has 3 heteroatoms. The van der Waals surface area contributed by atoms with Gasteiger partial charge in [0.1, 0.15) is 6.10 Å². The highest BCUT2D eigenvalue weighted by molar-refractivity contribution is 6.30. The molecule has 1 atom stereocenters. The second-order valence-electron chi connectivity index (χ2n) is 3.71. The van der Waals surface area contributed by atoms with E-state index < -0.39 is 0 Å². The number of hydrogen-bond acceptors (Lipinski definition) is 2. The minimum Gasteiger partial charge on any atom is -0.392 e.